The Morgan fingerprint density at radius 2 is 1.72 bits per heavy atom. The lowest BCUT2D eigenvalue weighted by atomic mass is 9.91. The number of amides is 2. The molecule has 2 aromatic rings. The van der Waals surface area contributed by atoms with Crippen molar-refractivity contribution in [3.8, 4) is 0 Å². The summed E-state index contributed by atoms with van der Waals surface area (Å²) in [6.45, 7) is 1.81. The number of aromatic nitrogens is 1. The lowest BCUT2D eigenvalue weighted by molar-refractivity contribution is 0.0893. The summed E-state index contributed by atoms with van der Waals surface area (Å²) in [4.78, 5) is 31.4. The normalized spacial score (nSPS) is 21.6. The van der Waals surface area contributed by atoms with Crippen molar-refractivity contribution in [3.05, 3.63) is 45.4 Å². The Morgan fingerprint density at radius 3 is 2.38 bits per heavy atom. The highest BCUT2D eigenvalue weighted by Gasteiger charge is 2.26. The highest BCUT2D eigenvalue weighted by Crippen LogP contribution is 2.34. The van der Waals surface area contributed by atoms with Gasteiger partial charge < -0.3 is 16.4 Å². The largest absolute Gasteiger partial charge is 0.397 e. The van der Waals surface area contributed by atoms with Crippen LogP contribution in [-0.4, -0.2) is 28.9 Å². The second-order valence-electron chi connectivity index (χ2n) is 8.31. The van der Waals surface area contributed by atoms with Crippen molar-refractivity contribution in [2.24, 2.45) is 5.92 Å². The zero-order valence-electron chi connectivity index (χ0n) is 16.7. The third-order valence-corrected chi connectivity index (χ3v) is 6.93. The molecule has 2 saturated carbocycles. The molecule has 2 fully saturated rings. The van der Waals surface area contributed by atoms with Gasteiger partial charge >= 0.3 is 0 Å². The summed E-state index contributed by atoms with van der Waals surface area (Å²) in [5, 5.41) is 6.26. The predicted octanol–water partition coefficient (Wildman–Crippen LogP) is 3.46. The van der Waals surface area contributed by atoms with Crippen LogP contribution in [0.2, 0.25) is 0 Å². The van der Waals surface area contributed by atoms with E-state index in [-0.39, 0.29) is 23.9 Å². The van der Waals surface area contributed by atoms with Crippen LogP contribution in [0, 0.1) is 12.8 Å². The maximum Gasteiger partial charge on any atom is 0.261 e. The summed E-state index contributed by atoms with van der Waals surface area (Å²) in [6.07, 6.45) is 8.76. The molecule has 2 heterocycles. The standard InChI is InChI=1S/C22H28N4O2S/c1-13-19(11-15(23)12-24-13)21(27)25-16-4-6-17(7-5-16)26-22(28)20-9-8-18(29-20)10-14-2-3-14/h8-9,11-12,14,16-17H,2-7,10,23H2,1H3,(H,25,27)(H,26,28). The number of hydrogen-bond donors (Lipinski definition) is 3. The number of aryl methyl sites for hydroxylation is 1. The maximum absolute atomic E-state index is 12.6. The third-order valence-electron chi connectivity index (χ3n) is 5.82. The molecule has 4 N–H and O–H groups in total. The summed E-state index contributed by atoms with van der Waals surface area (Å²) in [7, 11) is 0. The number of thiophene rings is 1. The minimum Gasteiger partial charge on any atom is -0.397 e. The molecule has 2 aliphatic rings. The molecule has 0 spiro atoms. The fourth-order valence-electron chi connectivity index (χ4n) is 3.90. The number of anilines is 1. The second kappa shape index (κ2) is 8.53. The van der Waals surface area contributed by atoms with Crippen molar-refractivity contribution in [2.75, 3.05) is 5.73 Å². The second-order valence-corrected chi connectivity index (χ2v) is 9.48. The smallest absolute Gasteiger partial charge is 0.261 e. The van der Waals surface area contributed by atoms with Gasteiger partial charge in [-0.25, -0.2) is 0 Å². The molecule has 0 unspecified atom stereocenters. The van der Waals surface area contributed by atoms with E-state index in [9.17, 15) is 9.59 Å². The lowest BCUT2D eigenvalue weighted by Crippen LogP contribution is -2.43. The van der Waals surface area contributed by atoms with Crippen molar-refractivity contribution in [1.82, 2.24) is 15.6 Å². The molecule has 6 nitrogen and oxygen atoms in total. The summed E-state index contributed by atoms with van der Waals surface area (Å²) in [5.74, 6) is 0.740. The van der Waals surface area contributed by atoms with Gasteiger partial charge in [-0.3, -0.25) is 14.6 Å². The Hall–Kier alpha value is -2.41. The number of rotatable bonds is 6. The van der Waals surface area contributed by atoms with Crippen LogP contribution >= 0.6 is 11.3 Å². The first-order valence-corrected chi connectivity index (χ1v) is 11.2. The van der Waals surface area contributed by atoms with Crippen LogP contribution in [0.15, 0.2) is 24.4 Å². The Labute approximate surface area is 175 Å². The van der Waals surface area contributed by atoms with E-state index in [0.29, 0.717) is 16.9 Å². The molecule has 0 radical (unpaired) electrons. The van der Waals surface area contributed by atoms with Gasteiger partial charge in [0.15, 0.2) is 0 Å². The van der Waals surface area contributed by atoms with Gasteiger partial charge in [-0.15, -0.1) is 11.3 Å². The zero-order chi connectivity index (χ0) is 20.4. The van der Waals surface area contributed by atoms with Crippen LogP contribution in [-0.2, 0) is 6.42 Å². The molecular weight excluding hydrogens is 384 g/mol. The summed E-state index contributed by atoms with van der Waals surface area (Å²) in [6, 6.07) is 5.99. The summed E-state index contributed by atoms with van der Waals surface area (Å²) >= 11 is 1.62. The third kappa shape index (κ3) is 5.15. The van der Waals surface area contributed by atoms with Crippen molar-refractivity contribution in [1.29, 1.82) is 0 Å². The van der Waals surface area contributed by atoms with Gasteiger partial charge in [0, 0.05) is 17.0 Å². The Morgan fingerprint density at radius 1 is 1.07 bits per heavy atom. The Bertz CT molecular complexity index is 898. The molecule has 0 bridgehead atoms. The number of nitrogens with one attached hydrogen (secondary N) is 2. The molecule has 7 heteroatoms. The molecule has 154 valence electrons. The maximum atomic E-state index is 12.6. The number of carbonyl (C=O) groups is 2. The van der Waals surface area contributed by atoms with E-state index in [1.807, 2.05) is 6.07 Å². The van der Waals surface area contributed by atoms with Gasteiger partial charge in [0.2, 0.25) is 0 Å². The molecule has 0 aromatic carbocycles. The fraction of sp³-hybridized carbons (Fsp3) is 0.500. The molecule has 2 aromatic heterocycles. The molecule has 4 rings (SSSR count). The number of nitrogens with zero attached hydrogens (tertiary/aromatic N) is 1. The first-order valence-electron chi connectivity index (χ1n) is 10.4. The predicted molar refractivity (Wildman–Crippen MR) is 115 cm³/mol. The van der Waals surface area contributed by atoms with Gasteiger partial charge in [0.05, 0.1) is 28.0 Å². The van der Waals surface area contributed by atoms with E-state index in [1.165, 1.54) is 17.7 Å². The first kappa shape index (κ1) is 19.9. The monoisotopic (exact) mass is 412 g/mol. The van der Waals surface area contributed by atoms with Crippen LogP contribution < -0.4 is 16.4 Å². The minimum absolute atomic E-state index is 0.0333. The lowest BCUT2D eigenvalue weighted by Gasteiger charge is -2.29. The van der Waals surface area contributed by atoms with E-state index in [1.54, 1.807) is 30.5 Å². The van der Waals surface area contributed by atoms with Crippen molar-refractivity contribution in [3.63, 3.8) is 0 Å². The Kier molecular flexibility index (Phi) is 5.85. The van der Waals surface area contributed by atoms with Crippen molar-refractivity contribution >= 4 is 28.8 Å². The van der Waals surface area contributed by atoms with E-state index in [0.717, 1.165) is 42.9 Å². The molecule has 2 aliphatic carbocycles. The van der Waals surface area contributed by atoms with Crippen LogP contribution in [0.25, 0.3) is 0 Å². The van der Waals surface area contributed by atoms with E-state index in [4.69, 9.17) is 5.73 Å². The Balaban J connectivity index is 1.24. The van der Waals surface area contributed by atoms with Crippen LogP contribution in [0.3, 0.4) is 0 Å². The average Bonchev–Trinajstić information content (AvgIpc) is 3.39. The highest BCUT2D eigenvalue weighted by molar-refractivity contribution is 7.14. The SMILES string of the molecule is Cc1ncc(N)cc1C(=O)NC1CCC(NC(=O)c2ccc(CC3CC3)s2)CC1. The van der Waals surface area contributed by atoms with E-state index >= 15 is 0 Å². The number of nitrogens with two attached hydrogens (primary N) is 1. The quantitative estimate of drug-likeness (QED) is 0.677. The zero-order valence-corrected chi connectivity index (χ0v) is 17.6. The van der Waals surface area contributed by atoms with Gasteiger partial charge in [0.25, 0.3) is 11.8 Å². The van der Waals surface area contributed by atoms with Crippen molar-refractivity contribution < 1.29 is 9.59 Å². The summed E-state index contributed by atoms with van der Waals surface area (Å²) in [5.41, 5.74) is 7.45. The van der Waals surface area contributed by atoms with Crippen molar-refractivity contribution in [2.45, 2.75) is 64.0 Å². The fourth-order valence-corrected chi connectivity index (χ4v) is 4.92. The van der Waals surface area contributed by atoms with Crippen LogP contribution in [0.5, 0.6) is 0 Å². The molecular formula is C22H28N4O2S. The molecule has 0 aliphatic heterocycles. The highest BCUT2D eigenvalue weighted by atomic mass is 32.1. The van der Waals surface area contributed by atoms with Gasteiger partial charge in [-0.2, -0.15) is 0 Å². The van der Waals surface area contributed by atoms with Gasteiger partial charge in [0.1, 0.15) is 0 Å². The number of nitrogen functional groups attached to an aromatic ring is 1. The van der Waals surface area contributed by atoms with E-state index < -0.39 is 0 Å². The summed E-state index contributed by atoms with van der Waals surface area (Å²) < 4.78 is 0. The number of pyridine rings is 1. The van der Waals surface area contributed by atoms with Crippen LogP contribution in [0.1, 0.15) is 69.1 Å². The number of carbonyl (C=O) groups excluding carboxylic acids is 2. The number of hydrogen-bond acceptors (Lipinski definition) is 5. The topological polar surface area (TPSA) is 97.1 Å². The molecule has 0 atom stereocenters. The van der Waals surface area contributed by atoms with E-state index in [2.05, 4.69) is 21.7 Å². The average molecular weight is 413 g/mol. The first-order chi connectivity index (χ1) is 14.0. The van der Waals surface area contributed by atoms with Crippen LogP contribution in [0.4, 0.5) is 5.69 Å². The van der Waals surface area contributed by atoms with Gasteiger partial charge in [-0.05, 0) is 76.0 Å². The molecule has 0 saturated heterocycles. The van der Waals surface area contributed by atoms with Gasteiger partial charge in [-0.1, -0.05) is 0 Å². The molecule has 29 heavy (non-hydrogen) atoms. The minimum atomic E-state index is -0.128. The molecule has 2 amide bonds.